The predicted octanol–water partition coefficient (Wildman–Crippen LogP) is 0.727. The summed E-state index contributed by atoms with van der Waals surface area (Å²) < 4.78 is 5.08. The minimum atomic E-state index is 0.399. The van der Waals surface area contributed by atoms with Crippen LogP contribution in [0.3, 0.4) is 0 Å². The number of hydrogen-bond donors (Lipinski definition) is 2. The molecule has 0 unspecified atom stereocenters. The molecule has 3 N–H and O–H groups in total. The van der Waals surface area contributed by atoms with Gasteiger partial charge in [0.15, 0.2) is 5.96 Å². The van der Waals surface area contributed by atoms with Crippen molar-refractivity contribution in [1.29, 1.82) is 0 Å². The quantitative estimate of drug-likeness (QED) is 0.489. The molecular formula is C10H21N3O. The largest absolute Gasteiger partial charge is 0.385 e. The normalized spacial score (nSPS) is 19.4. The second kappa shape index (κ2) is 5.20. The third kappa shape index (κ3) is 3.54. The molecule has 1 aliphatic rings. The van der Waals surface area contributed by atoms with Crippen molar-refractivity contribution in [3.63, 3.8) is 0 Å². The Kier molecular flexibility index (Phi) is 4.20. The SMILES string of the molecule is CCNC(N)=NCC1(CCOC)CC1. The number of nitrogens with zero attached hydrogens (tertiary/aromatic N) is 1. The van der Waals surface area contributed by atoms with E-state index in [-0.39, 0.29) is 0 Å². The Labute approximate surface area is 85.9 Å². The highest BCUT2D eigenvalue weighted by Gasteiger charge is 2.41. The second-order valence-electron chi connectivity index (χ2n) is 3.97. The first-order valence-electron chi connectivity index (χ1n) is 5.25. The second-order valence-corrected chi connectivity index (χ2v) is 3.97. The molecule has 82 valence electrons. The van der Waals surface area contributed by atoms with Crippen molar-refractivity contribution >= 4 is 5.96 Å². The van der Waals surface area contributed by atoms with E-state index in [0.29, 0.717) is 11.4 Å². The van der Waals surface area contributed by atoms with Gasteiger partial charge in [-0.05, 0) is 31.6 Å². The average molecular weight is 199 g/mol. The van der Waals surface area contributed by atoms with E-state index < -0.39 is 0 Å². The van der Waals surface area contributed by atoms with Gasteiger partial charge < -0.3 is 15.8 Å². The van der Waals surface area contributed by atoms with E-state index in [4.69, 9.17) is 10.5 Å². The summed E-state index contributed by atoms with van der Waals surface area (Å²) >= 11 is 0. The van der Waals surface area contributed by atoms with Crippen molar-refractivity contribution in [3.05, 3.63) is 0 Å². The zero-order valence-corrected chi connectivity index (χ0v) is 9.18. The molecule has 1 fully saturated rings. The third-order valence-corrected chi connectivity index (χ3v) is 2.74. The van der Waals surface area contributed by atoms with E-state index in [1.807, 2.05) is 6.92 Å². The molecule has 0 aromatic rings. The van der Waals surface area contributed by atoms with Crippen LogP contribution in [0.2, 0.25) is 0 Å². The summed E-state index contributed by atoms with van der Waals surface area (Å²) in [6, 6.07) is 0. The molecule has 0 saturated heterocycles. The van der Waals surface area contributed by atoms with Gasteiger partial charge in [-0.1, -0.05) is 0 Å². The van der Waals surface area contributed by atoms with Crippen LogP contribution in [-0.4, -0.2) is 32.8 Å². The monoisotopic (exact) mass is 199 g/mol. The van der Waals surface area contributed by atoms with E-state index in [1.165, 1.54) is 12.8 Å². The van der Waals surface area contributed by atoms with Crippen molar-refractivity contribution in [2.45, 2.75) is 26.2 Å². The molecule has 14 heavy (non-hydrogen) atoms. The van der Waals surface area contributed by atoms with Gasteiger partial charge in [0.2, 0.25) is 0 Å². The van der Waals surface area contributed by atoms with Crippen LogP contribution in [0.25, 0.3) is 0 Å². The van der Waals surface area contributed by atoms with Crippen LogP contribution in [0.1, 0.15) is 26.2 Å². The summed E-state index contributed by atoms with van der Waals surface area (Å²) in [5.41, 5.74) is 6.05. The van der Waals surface area contributed by atoms with Gasteiger partial charge in [-0.3, -0.25) is 4.99 Å². The molecule has 0 aromatic heterocycles. The highest BCUT2D eigenvalue weighted by atomic mass is 16.5. The van der Waals surface area contributed by atoms with Crippen molar-refractivity contribution < 1.29 is 4.74 Å². The Bertz CT molecular complexity index is 200. The van der Waals surface area contributed by atoms with Crippen LogP contribution in [0.4, 0.5) is 0 Å². The molecule has 0 aliphatic heterocycles. The van der Waals surface area contributed by atoms with Crippen LogP contribution < -0.4 is 11.1 Å². The smallest absolute Gasteiger partial charge is 0.188 e. The Hall–Kier alpha value is -0.770. The lowest BCUT2D eigenvalue weighted by atomic mass is 10.0. The predicted molar refractivity (Wildman–Crippen MR) is 58.3 cm³/mol. The first-order chi connectivity index (χ1) is 6.72. The van der Waals surface area contributed by atoms with E-state index in [2.05, 4.69) is 10.3 Å². The molecule has 0 bridgehead atoms. The van der Waals surface area contributed by atoms with E-state index in [9.17, 15) is 0 Å². The number of aliphatic imine (C=N–C) groups is 1. The molecule has 0 heterocycles. The van der Waals surface area contributed by atoms with Crippen LogP contribution in [0.5, 0.6) is 0 Å². The first-order valence-corrected chi connectivity index (χ1v) is 5.25. The zero-order chi connectivity index (χ0) is 10.4. The van der Waals surface area contributed by atoms with E-state index in [1.54, 1.807) is 7.11 Å². The molecule has 0 amide bonds. The van der Waals surface area contributed by atoms with Gasteiger partial charge in [0.1, 0.15) is 0 Å². The maximum Gasteiger partial charge on any atom is 0.188 e. The van der Waals surface area contributed by atoms with Gasteiger partial charge in [-0.15, -0.1) is 0 Å². The molecule has 1 rings (SSSR count). The van der Waals surface area contributed by atoms with E-state index >= 15 is 0 Å². The summed E-state index contributed by atoms with van der Waals surface area (Å²) in [6.45, 7) is 4.52. The molecule has 0 radical (unpaired) electrons. The first kappa shape index (κ1) is 11.3. The van der Waals surface area contributed by atoms with Gasteiger partial charge >= 0.3 is 0 Å². The average Bonchev–Trinajstić information content (AvgIpc) is 2.93. The Morgan fingerprint density at radius 2 is 2.29 bits per heavy atom. The van der Waals surface area contributed by atoms with Gasteiger partial charge in [0, 0.05) is 26.8 Å². The van der Waals surface area contributed by atoms with Crippen molar-refractivity contribution in [2.75, 3.05) is 26.8 Å². The van der Waals surface area contributed by atoms with Crippen molar-refractivity contribution in [1.82, 2.24) is 5.32 Å². The highest BCUT2D eigenvalue weighted by molar-refractivity contribution is 5.77. The minimum absolute atomic E-state index is 0.399. The number of methoxy groups -OCH3 is 1. The maximum atomic E-state index is 5.66. The van der Waals surface area contributed by atoms with Gasteiger partial charge in [-0.2, -0.15) is 0 Å². The fourth-order valence-corrected chi connectivity index (χ4v) is 1.47. The summed E-state index contributed by atoms with van der Waals surface area (Å²) in [7, 11) is 1.74. The molecule has 4 heteroatoms. The number of ether oxygens (including phenoxy) is 1. The molecule has 0 spiro atoms. The van der Waals surface area contributed by atoms with Gasteiger partial charge in [0.25, 0.3) is 0 Å². The standard InChI is InChI=1S/C10H21N3O/c1-3-12-9(11)13-8-10(4-5-10)6-7-14-2/h3-8H2,1-2H3,(H3,11,12,13). The van der Waals surface area contributed by atoms with Gasteiger partial charge in [-0.25, -0.2) is 0 Å². The summed E-state index contributed by atoms with van der Waals surface area (Å²) in [4.78, 5) is 4.33. The van der Waals surface area contributed by atoms with Crippen LogP contribution in [-0.2, 0) is 4.74 Å². The fourth-order valence-electron chi connectivity index (χ4n) is 1.47. The number of guanidine groups is 1. The van der Waals surface area contributed by atoms with E-state index in [0.717, 1.165) is 26.1 Å². The van der Waals surface area contributed by atoms with Gasteiger partial charge in [0.05, 0.1) is 0 Å². The van der Waals surface area contributed by atoms with Crippen molar-refractivity contribution in [2.24, 2.45) is 16.1 Å². The zero-order valence-electron chi connectivity index (χ0n) is 9.18. The van der Waals surface area contributed by atoms with Crippen LogP contribution in [0.15, 0.2) is 4.99 Å². The Morgan fingerprint density at radius 1 is 1.57 bits per heavy atom. The lowest BCUT2D eigenvalue weighted by molar-refractivity contribution is 0.174. The molecule has 0 aromatic carbocycles. The Balaban J connectivity index is 2.25. The minimum Gasteiger partial charge on any atom is -0.385 e. The molecular weight excluding hydrogens is 178 g/mol. The molecule has 0 atom stereocenters. The molecule has 1 aliphatic carbocycles. The topological polar surface area (TPSA) is 59.6 Å². The number of rotatable bonds is 6. The Morgan fingerprint density at radius 3 is 2.79 bits per heavy atom. The maximum absolute atomic E-state index is 5.66. The fraction of sp³-hybridized carbons (Fsp3) is 0.900. The van der Waals surface area contributed by atoms with Crippen molar-refractivity contribution in [3.8, 4) is 0 Å². The highest BCUT2D eigenvalue weighted by Crippen LogP contribution is 2.48. The lowest BCUT2D eigenvalue weighted by Gasteiger charge is -2.11. The molecule has 4 nitrogen and oxygen atoms in total. The number of nitrogens with two attached hydrogens (primary N) is 1. The summed E-state index contributed by atoms with van der Waals surface area (Å²) in [5.74, 6) is 0.566. The lowest BCUT2D eigenvalue weighted by Crippen LogP contribution is -2.32. The van der Waals surface area contributed by atoms with Crippen LogP contribution >= 0.6 is 0 Å². The number of nitrogens with one attached hydrogen (secondary N) is 1. The third-order valence-electron chi connectivity index (χ3n) is 2.74. The molecule has 1 saturated carbocycles. The summed E-state index contributed by atoms with van der Waals surface area (Å²) in [6.07, 6.45) is 3.63. The van der Waals surface area contributed by atoms with Crippen LogP contribution in [0, 0.1) is 5.41 Å². The summed E-state index contributed by atoms with van der Waals surface area (Å²) in [5, 5.41) is 3.00. The number of hydrogen-bond acceptors (Lipinski definition) is 2.